The van der Waals surface area contributed by atoms with Crippen molar-refractivity contribution in [3.05, 3.63) is 53.6 Å². The Balaban J connectivity index is 2.04. The monoisotopic (exact) mass is 286 g/mol. The normalized spacial score (nSPS) is 16.3. The Bertz CT molecular complexity index is 647. The van der Waals surface area contributed by atoms with Gasteiger partial charge in [-0.3, -0.25) is 25.0 Å². The minimum Gasteiger partial charge on any atom is -0.392 e. The second-order valence-corrected chi connectivity index (χ2v) is 4.25. The molecule has 0 radical (unpaired) electrons. The number of nitrogens with one attached hydrogen (secondary N) is 2. The van der Waals surface area contributed by atoms with Crippen LogP contribution in [-0.4, -0.2) is 34.1 Å². The summed E-state index contributed by atoms with van der Waals surface area (Å²) in [6.07, 6.45) is 5.77. The van der Waals surface area contributed by atoms with E-state index in [1.54, 1.807) is 19.1 Å². The number of rotatable bonds is 4. The maximum absolute atomic E-state index is 11.9. The number of nitrogens with zero attached hydrogens (tertiary/aromatic N) is 2. The number of carbonyl (C=O) groups excluding carboxylic acids is 2. The Morgan fingerprint density at radius 2 is 2.10 bits per heavy atom. The first-order valence-corrected chi connectivity index (χ1v) is 6.19. The lowest BCUT2D eigenvalue weighted by molar-refractivity contribution is -0.109. The van der Waals surface area contributed by atoms with Crippen LogP contribution in [0.1, 0.15) is 17.3 Å². The zero-order valence-electron chi connectivity index (χ0n) is 11.3. The SMILES string of the molecule is CC1=NC=C(CO)/C(=C\NNC(=O)c2ccncc2)C1=O. The van der Waals surface area contributed by atoms with E-state index in [2.05, 4.69) is 20.8 Å². The highest BCUT2D eigenvalue weighted by Gasteiger charge is 2.20. The van der Waals surface area contributed by atoms with E-state index in [1.165, 1.54) is 24.8 Å². The van der Waals surface area contributed by atoms with Crippen molar-refractivity contribution in [2.75, 3.05) is 6.61 Å². The van der Waals surface area contributed by atoms with Gasteiger partial charge >= 0.3 is 0 Å². The number of aliphatic hydroxyl groups is 1. The maximum Gasteiger partial charge on any atom is 0.269 e. The third-order valence-electron chi connectivity index (χ3n) is 2.85. The summed E-state index contributed by atoms with van der Waals surface area (Å²) in [6.45, 7) is 1.27. The van der Waals surface area contributed by atoms with Crippen LogP contribution >= 0.6 is 0 Å². The van der Waals surface area contributed by atoms with E-state index in [9.17, 15) is 14.7 Å². The highest BCUT2D eigenvalue weighted by molar-refractivity contribution is 6.46. The molecule has 2 rings (SSSR count). The molecular formula is C14H14N4O3. The molecule has 7 heteroatoms. The molecule has 21 heavy (non-hydrogen) atoms. The molecule has 0 spiro atoms. The number of Topliss-reactive ketones (excluding diaryl/α,β-unsaturated/α-hetero) is 1. The molecule has 0 bridgehead atoms. The number of aliphatic hydroxyl groups excluding tert-OH is 1. The summed E-state index contributed by atoms with van der Waals surface area (Å²) in [5, 5.41) is 9.20. The number of ketones is 1. The molecule has 2 heterocycles. The molecule has 3 N–H and O–H groups in total. The number of aliphatic imine (C=N–C) groups is 1. The van der Waals surface area contributed by atoms with Gasteiger partial charge < -0.3 is 10.5 Å². The number of pyridine rings is 1. The molecule has 0 aromatic carbocycles. The molecule has 1 amide bonds. The molecule has 0 saturated heterocycles. The number of hydrogen-bond acceptors (Lipinski definition) is 6. The topological polar surface area (TPSA) is 104 Å². The Kier molecular flexibility index (Phi) is 4.57. The standard InChI is InChI=1S/C14H14N4O3/c1-9-13(20)12(11(8-19)6-16-9)7-17-18-14(21)10-2-4-15-5-3-10/h2-7,17,19H,8H2,1H3,(H,18,21)/b12-7+. The lowest BCUT2D eigenvalue weighted by atomic mass is 9.99. The minimum atomic E-state index is -0.363. The van der Waals surface area contributed by atoms with E-state index < -0.39 is 0 Å². The third kappa shape index (κ3) is 3.40. The molecule has 1 aromatic heterocycles. The predicted molar refractivity (Wildman–Crippen MR) is 76.2 cm³/mol. The van der Waals surface area contributed by atoms with Crippen molar-refractivity contribution in [3.63, 3.8) is 0 Å². The average Bonchev–Trinajstić information content (AvgIpc) is 2.52. The van der Waals surface area contributed by atoms with Gasteiger partial charge in [0.25, 0.3) is 5.91 Å². The number of hydrazine groups is 1. The van der Waals surface area contributed by atoms with Crippen LogP contribution in [0.25, 0.3) is 0 Å². The number of carbonyl (C=O) groups is 2. The quantitative estimate of drug-likeness (QED) is 0.539. The molecule has 108 valence electrons. The maximum atomic E-state index is 11.9. The molecule has 1 aliphatic rings. The van der Waals surface area contributed by atoms with Crippen molar-refractivity contribution in [1.29, 1.82) is 0 Å². The van der Waals surface area contributed by atoms with Crippen LogP contribution in [0.2, 0.25) is 0 Å². The van der Waals surface area contributed by atoms with Gasteiger partial charge in [-0.05, 0) is 19.1 Å². The number of hydrogen-bond donors (Lipinski definition) is 3. The fourth-order valence-electron chi connectivity index (χ4n) is 1.68. The number of amides is 1. The second kappa shape index (κ2) is 6.58. The van der Waals surface area contributed by atoms with Crippen LogP contribution in [-0.2, 0) is 4.79 Å². The van der Waals surface area contributed by atoms with Crippen molar-refractivity contribution in [3.8, 4) is 0 Å². The number of aromatic nitrogens is 1. The van der Waals surface area contributed by atoms with Gasteiger partial charge in [0, 0.05) is 41.5 Å². The van der Waals surface area contributed by atoms with E-state index in [4.69, 9.17) is 0 Å². The smallest absolute Gasteiger partial charge is 0.269 e. The highest BCUT2D eigenvalue weighted by atomic mass is 16.3. The minimum absolute atomic E-state index is 0.264. The van der Waals surface area contributed by atoms with Crippen LogP contribution in [0.5, 0.6) is 0 Å². The molecule has 0 aliphatic carbocycles. The van der Waals surface area contributed by atoms with Gasteiger partial charge in [0.2, 0.25) is 5.78 Å². The fraction of sp³-hybridized carbons (Fsp3) is 0.143. The largest absolute Gasteiger partial charge is 0.392 e. The summed E-state index contributed by atoms with van der Waals surface area (Å²) in [6, 6.07) is 3.12. The van der Waals surface area contributed by atoms with Crippen molar-refractivity contribution in [2.24, 2.45) is 4.99 Å². The van der Waals surface area contributed by atoms with Gasteiger partial charge in [-0.1, -0.05) is 0 Å². The predicted octanol–water partition coefficient (Wildman–Crippen LogP) is 0.120. The third-order valence-corrected chi connectivity index (χ3v) is 2.85. The summed E-state index contributed by atoms with van der Waals surface area (Å²) in [7, 11) is 0. The van der Waals surface area contributed by atoms with Gasteiger partial charge in [-0.2, -0.15) is 0 Å². The molecule has 7 nitrogen and oxygen atoms in total. The van der Waals surface area contributed by atoms with Gasteiger partial charge in [0.15, 0.2) is 0 Å². The van der Waals surface area contributed by atoms with Gasteiger partial charge in [-0.25, -0.2) is 0 Å². The Hall–Kier alpha value is -2.80. The lowest BCUT2D eigenvalue weighted by Gasteiger charge is -2.13. The van der Waals surface area contributed by atoms with Crippen LogP contribution < -0.4 is 10.9 Å². The first kappa shape index (κ1) is 14.6. The van der Waals surface area contributed by atoms with E-state index in [0.29, 0.717) is 16.8 Å². The van der Waals surface area contributed by atoms with E-state index in [-0.39, 0.29) is 23.9 Å². The van der Waals surface area contributed by atoms with Gasteiger partial charge in [-0.15, -0.1) is 0 Å². The molecule has 1 aromatic rings. The molecule has 0 unspecified atom stereocenters. The Morgan fingerprint density at radius 1 is 1.38 bits per heavy atom. The van der Waals surface area contributed by atoms with E-state index in [0.717, 1.165) is 0 Å². The molecule has 0 fully saturated rings. The lowest BCUT2D eigenvalue weighted by Crippen LogP contribution is -2.35. The zero-order chi connectivity index (χ0) is 15.2. The summed E-state index contributed by atoms with van der Waals surface area (Å²) in [4.78, 5) is 31.4. The average molecular weight is 286 g/mol. The molecule has 0 saturated carbocycles. The highest BCUT2D eigenvalue weighted by Crippen LogP contribution is 2.15. The van der Waals surface area contributed by atoms with Crippen molar-refractivity contribution < 1.29 is 14.7 Å². The van der Waals surface area contributed by atoms with Crippen LogP contribution in [0.3, 0.4) is 0 Å². The van der Waals surface area contributed by atoms with Crippen LogP contribution in [0.4, 0.5) is 0 Å². The van der Waals surface area contributed by atoms with Crippen molar-refractivity contribution >= 4 is 17.4 Å². The summed E-state index contributed by atoms with van der Waals surface area (Å²) in [5.74, 6) is -0.662. The zero-order valence-corrected chi connectivity index (χ0v) is 11.3. The first-order chi connectivity index (χ1) is 10.1. The first-order valence-electron chi connectivity index (χ1n) is 6.19. The second-order valence-electron chi connectivity index (χ2n) is 4.25. The molecule has 0 atom stereocenters. The van der Waals surface area contributed by atoms with E-state index in [1.807, 2.05) is 0 Å². The van der Waals surface area contributed by atoms with Crippen LogP contribution in [0, 0.1) is 0 Å². The Morgan fingerprint density at radius 3 is 2.76 bits per heavy atom. The Labute approximate surface area is 121 Å². The van der Waals surface area contributed by atoms with Gasteiger partial charge in [0.05, 0.1) is 12.3 Å². The summed E-state index contributed by atoms with van der Waals surface area (Å²) in [5.41, 5.74) is 6.39. The van der Waals surface area contributed by atoms with Gasteiger partial charge in [0.1, 0.15) is 0 Å². The summed E-state index contributed by atoms with van der Waals surface area (Å²) >= 11 is 0. The van der Waals surface area contributed by atoms with E-state index >= 15 is 0 Å². The fourth-order valence-corrected chi connectivity index (χ4v) is 1.68. The van der Waals surface area contributed by atoms with Crippen molar-refractivity contribution in [2.45, 2.75) is 6.92 Å². The molecular weight excluding hydrogens is 272 g/mol. The molecule has 1 aliphatic heterocycles. The van der Waals surface area contributed by atoms with Crippen molar-refractivity contribution in [1.82, 2.24) is 15.8 Å². The van der Waals surface area contributed by atoms with Crippen LogP contribution in [0.15, 0.2) is 53.1 Å². The summed E-state index contributed by atoms with van der Waals surface area (Å²) < 4.78 is 0.